The fraction of sp³-hybridized carbons (Fsp3) is 0.0714. The van der Waals surface area contributed by atoms with Gasteiger partial charge in [0.1, 0.15) is 0 Å². The van der Waals surface area contributed by atoms with Crippen molar-refractivity contribution in [2.45, 2.75) is 6.92 Å². The summed E-state index contributed by atoms with van der Waals surface area (Å²) >= 11 is 0. The van der Waals surface area contributed by atoms with Crippen LogP contribution in [0, 0.1) is 17.0 Å². The molecule has 0 radical (unpaired) electrons. The van der Waals surface area contributed by atoms with Gasteiger partial charge in [0.25, 0.3) is 11.6 Å². The largest absolute Gasteiger partial charge is 0.322 e. The van der Waals surface area contributed by atoms with Crippen molar-refractivity contribution in [2.24, 2.45) is 0 Å². The van der Waals surface area contributed by atoms with Gasteiger partial charge in [-0.25, -0.2) is 0 Å². The van der Waals surface area contributed by atoms with Crippen LogP contribution in [0.2, 0.25) is 0 Å². The van der Waals surface area contributed by atoms with Crippen LogP contribution in [-0.4, -0.2) is 10.8 Å². The van der Waals surface area contributed by atoms with Crippen LogP contribution < -0.4 is 5.32 Å². The van der Waals surface area contributed by atoms with Gasteiger partial charge in [0, 0.05) is 23.4 Å². The normalized spacial score (nSPS) is 9.95. The van der Waals surface area contributed by atoms with Gasteiger partial charge in [0.05, 0.1) is 4.92 Å². The Bertz CT molecular complexity index is 638. The predicted molar refractivity (Wildman–Crippen MR) is 72.2 cm³/mol. The van der Waals surface area contributed by atoms with Gasteiger partial charge in [-0.3, -0.25) is 14.9 Å². The standard InChI is InChI=1S/C14H12N2O3/c1-10-5-2-3-8-13(10)14(17)15-11-6-4-7-12(9-11)16(18)19/h2-9H,1H3,(H,15,17). The lowest BCUT2D eigenvalue weighted by molar-refractivity contribution is -0.384. The van der Waals surface area contributed by atoms with Crippen molar-refractivity contribution in [3.05, 3.63) is 69.8 Å². The van der Waals surface area contributed by atoms with Gasteiger partial charge in [-0.2, -0.15) is 0 Å². The third-order valence-corrected chi connectivity index (χ3v) is 2.70. The van der Waals surface area contributed by atoms with E-state index in [4.69, 9.17) is 0 Å². The minimum Gasteiger partial charge on any atom is -0.322 e. The van der Waals surface area contributed by atoms with E-state index in [1.165, 1.54) is 18.2 Å². The molecule has 1 amide bonds. The zero-order valence-corrected chi connectivity index (χ0v) is 10.3. The first-order valence-electron chi connectivity index (χ1n) is 5.69. The first-order valence-corrected chi connectivity index (χ1v) is 5.69. The molecule has 96 valence electrons. The molecule has 0 atom stereocenters. The van der Waals surface area contributed by atoms with E-state index in [9.17, 15) is 14.9 Å². The SMILES string of the molecule is Cc1ccccc1C(=O)Nc1cccc([N+](=O)[O-])c1. The Labute approximate surface area is 110 Å². The van der Waals surface area contributed by atoms with E-state index in [-0.39, 0.29) is 11.6 Å². The molecule has 5 heteroatoms. The number of rotatable bonds is 3. The second-order valence-corrected chi connectivity index (χ2v) is 4.08. The molecule has 0 aliphatic heterocycles. The first kappa shape index (κ1) is 12.8. The number of aryl methyl sites for hydroxylation is 1. The van der Waals surface area contributed by atoms with E-state index >= 15 is 0 Å². The summed E-state index contributed by atoms with van der Waals surface area (Å²) in [6, 6.07) is 13.0. The zero-order chi connectivity index (χ0) is 13.8. The Morgan fingerprint density at radius 1 is 1.16 bits per heavy atom. The molecule has 2 rings (SSSR count). The van der Waals surface area contributed by atoms with Crippen molar-refractivity contribution < 1.29 is 9.72 Å². The maximum Gasteiger partial charge on any atom is 0.271 e. The van der Waals surface area contributed by atoms with Gasteiger partial charge in [0.2, 0.25) is 0 Å². The number of nitrogens with zero attached hydrogens (tertiary/aromatic N) is 1. The number of carbonyl (C=O) groups is 1. The lowest BCUT2D eigenvalue weighted by atomic mass is 10.1. The van der Waals surface area contributed by atoms with Crippen LogP contribution in [0.3, 0.4) is 0 Å². The molecule has 0 bridgehead atoms. The second kappa shape index (κ2) is 5.30. The van der Waals surface area contributed by atoms with Crippen LogP contribution in [0.15, 0.2) is 48.5 Å². The summed E-state index contributed by atoms with van der Waals surface area (Å²) in [5, 5.41) is 13.3. The Kier molecular flexibility index (Phi) is 3.56. The third kappa shape index (κ3) is 2.95. The minimum atomic E-state index is -0.497. The van der Waals surface area contributed by atoms with Crippen molar-refractivity contribution in [3.8, 4) is 0 Å². The number of benzene rings is 2. The monoisotopic (exact) mass is 256 g/mol. The Morgan fingerprint density at radius 3 is 2.58 bits per heavy atom. The molecule has 0 aromatic heterocycles. The summed E-state index contributed by atoms with van der Waals surface area (Å²) in [7, 11) is 0. The van der Waals surface area contributed by atoms with Gasteiger partial charge in [0.15, 0.2) is 0 Å². The molecule has 2 aromatic carbocycles. The van der Waals surface area contributed by atoms with Crippen LogP contribution in [0.25, 0.3) is 0 Å². The average molecular weight is 256 g/mol. The van der Waals surface area contributed by atoms with Gasteiger partial charge in [-0.15, -0.1) is 0 Å². The maximum absolute atomic E-state index is 12.0. The van der Waals surface area contributed by atoms with Crippen molar-refractivity contribution in [3.63, 3.8) is 0 Å². The summed E-state index contributed by atoms with van der Waals surface area (Å²) in [5.41, 5.74) is 1.75. The molecule has 0 fully saturated rings. The van der Waals surface area contributed by atoms with Crippen LogP contribution >= 0.6 is 0 Å². The summed E-state index contributed by atoms with van der Waals surface area (Å²) < 4.78 is 0. The molecular weight excluding hydrogens is 244 g/mol. The van der Waals surface area contributed by atoms with E-state index < -0.39 is 4.92 Å². The summed E-state index contributed by atoms with van der Waals surface area (Å²) in [6.45, 7) is 1.84. The average Bonchev–Trinajstić information content (AvgIpc) is 2.39. The van der Waals surface area contributed by atoms with Crippen molar-refractivity contribution >= 4 is 17.3 Å². The Balaban J connectivity index is 2.22. The highest BCUT2D eigenvalue weighted by Crippen LogP contribution is 2.18. The summed E-state index contributed by atoms with van der Waals surface area (Å²) in [6.07, 6.45) is 0. The van der Waals surface area contributed by atoms with Crippen molar-refractivity contribution in [1.29, 1.82) is 0 Å². The molecule has 0 heterocycles. The molecule has 5 nitrogen and oxygen atoms in total. The second-order valence-electron chi connectivity index (χ2n) is 4.08. The lowest BCUT2D eigenvalue weighted by Crippen LogP contribution is -2.13. The van der Waals surface area contributed by atoms with E-state index in [1.54, 1.807) is 18.2 Å². The van der Waals surface area contributed by atoms with Gasteiger partial charge < -0.3 is 5.32 Å². The Morgan fingerprint density at radius 2 is 1.89 bits per heavy atom. The van der Waals surface area contributed by atoms with Crippen LogP contribution in [0.1, 0.15) is 15.9 Å². The molecule has 1 N–H and O–H groups in total. The Hall–Kier alpha value is -2.69. The van der Waals surface area contributed by atoms with E-state index in [0.29, 0.717) is 11.3 Å². The fourth-order valence-corrected chi connectivity index (χ4v) is 1.72. The number of anilines is 1. The molecule has 0 unspecified atom stereocenters. The molecule has 0 aliphatic carbocycles. The number of nitro benzene ring substituents is 1. The number of hydrogen-bond donors (Lipinski definition) is 1. The molecule has 0 saturated carbocycles. The number of nitro groups is 1. The highest BCUT2D eigenvalue weighted by atomic mass is 16.6. The van der Waals surface area contributed by atoms with Crippen LogP contribution in [-0.2, 0) is 0 Å². The molecule has 0 saturated heterocycles. The predicted octanol–water partition coefficient (Wildman–Crippen LogP) is 3.16. The van der Waals surface area contributed by atoms with E-state index in [2.05, 4.69) is 5.32 Å². The van der Waals surface area contributed by atoms with Gasteiger partial charge in [-0.05, 0) is 24.6 Å². The minimum absolute atomic E-state index is 0.0532. The number of carbonyl (C=O) groups excluding carboxylic acids is 1. The third-order valence-electron chi connectivity index (χ3n) is 2.70. The summed E-state index contributed by atoms with van der Waals surface area (Å²) in [4.78, 5) is 22.2. The zero-order valence-electron chi connectivity index (χ0n) is 10.3. The lowest BCUT2D eigenvalue weighted by Gasteiger charge is -2.07. The number of amides is 1. The topological polar surface area (TPSA) is 72.2 Å². The van der Waals surface area contributed by atoms with Gasteiger partial charge in [-0.1, -0.05) is 24.3 Å². The highest BCUT2D eigenvalue weighted by molar-refractivity contribution is 6.05. The molecule has 2 aromatic rings. The number of hydrogen-bond acceptors (Lipinski definition) is 3. The molecular formula is C14H12N2O3. The van der Waals surface area contributed by atoms with Crippen LogP contribution in [0.5, 0.6) is 0 Å². The molecule has 0 aliphatic rings. The first-order chi connectivity index (χ1) is 9.08. The highest BCUT2D eigenvalue weighted by Gasteiger charge is 2.11. The van der Waals surface area contributed by atoms with Crippen molar-refractivity contribution in [2.75, 3.05) is 5.32 Å². The number of non-ortho nitro benzene ring substituents is 1. The number of nitrogens with one attached hydrogen (secondary N) is 1. The van der Waals surface area contributed by atoms with Gasteiger partial charge >= 0.3 is 0 Å². The summed E-state index contributed by atoms with van der Waals surface area (Å²) in [5.74, 6) is -0.279. The van der Waals surface area contributed by atoms with E-state index in [0.717, 1.165) is 5.56 Å². The van der Waals surface area contributed by atoms with E-state index in [1.807, 2.05) is 19.1 Å². The van der Waals surface area contributed by atoms with Crippen molar-refractivity contribution in [1.82, 2.24) is 0 Å². The quantitative estimate of drug-likeness (QED) is 0.677. The van der Waals surface area contributed by atoms with Crippen LogP contribution in [0.4, 0.5) is 11.4 Å². The molecule has 19 heavy (non-hydrogen) atoms. The maximum atomic E-state index is 12.0. The molecule has 0 spiro atoms. The fourth-order valence-electron chi connectivity index (χ4n) is 1.72. The smallest absolute Gasteiger partial charge is 0.271 e.